The van der Waals surface area contributed by atoms with E-state index in [0.29, 0.717) is 12.6 Å². The van der Waals surface area contributed by atoms with Crippen molar-refractivity contribution in [2.45, 2.75) is 25.5 Å². The van der Waals surface area contributed by atoms with Gasteiger partial charge in [0.15, 0.2) is 0 Å². The Morgan fingerprint density at radius 1 is 1.10 bits per heavy atom. The van der Waals surface area contributed by atoms with E-state index in [2.05, 4.69) is 24.4 Å². The molecular weight excluding hydrogens is 262 g/mol. The Kier molecular flexibility index (Phi) is 5.78. The quantitative estimate of drug-likeness (QED) is 0.822. The van der Waals surface area contributed by atoms with E-state index in [1.54, 1.807) is 7.11 Å². The largest absolute Gasteiger partial charge is 0.497 e. The third kappa shape index (κ3) is 4.88. The lowest BCUT2D eigenvalue weighted by atomic mass is 10.1. The van der Waals surface area contributed by atoms with Gasteiger partial charge in [-0.3, -0.25) is 0 Å². The van der Waals surface area contributed by atoms with Crippen LogP contribution in [0.5, 0.6) is 5.75 Å². The fraction of sp³-hybridized carbons (Fsp3) is 0.333. The molecule has 21 heavy (non-hydrogen) atoms. The average Bonchev–Trinajstić information content (AvgIpc) is 2.53. The van der Waals surface area contributed by atoms with Crippen LogP contribution >= 0.6 is 0 Å². The summed E-state index contributed by atoms with van der Waals surface area (Å²) < 4.78 is 5.18. The molecule has 3 nitrogen and oxygen atoms in total. The Hall–Kier alpha value is -1.84. The van der Waals surface area contributed by atoms with E-state index in [1.807, 2.05) is 42.5 Å². The van der Waals surface area contributed by atoms with Crippen LogP contribution in [0.4, 0.5) is 0 Å². The molecule has 0 aliphatic rings. The van der Waals surface area contributed by atoms with Gasteiger partial charge < -0.3 is 15.2 Å². The second kappa shape index (κ2) is 7.81. The summed E-state index contributed by atoms with van der Waals surface area (Å²) in [4.78, 5) is 0. The van der Waals surface area contributed by atoms with Crippen molar-refractivity contribution in [1.29, 1.82) is 0 Å². The Morgan fingerprint density at radius 3 is 2.57 bits per heavy atom. The van der Waals surface area contributed by atoms with Crippen molar-refractivity contribution in [1.82, 2.24) is 5.32 Å². The molecule has 0 fully saturated rings. The zero-order chi connectivity index (χ0) is 15.1. The van der Waals surface area contributed by atoms with Gasteiger partial charge in [0.05, 0.1) is 13.2 Å². The third-order valence-electron chi connectivity index (χ3n) is 3.52. The number of aliphatic hydroxyl groups excluding tert-OH is 1. The predicted octanol–water partition coefficient (Wildman–Crippen LogP) is 2.95. The van der Waals surface area contributed by atoms with Gasteiger partial charge in [-0.15, -0.1) is 0 Å². The second-order valence-electron chi connectivity index (χ2n) is 5.29. The molecule has 2 rings (SSSR count). The molecule has 0 radical (unpaired) electrons. The van der Waals surface area contributed by atoms with Crippen molar-refractivity contribution in [3.8, 4) is 5.75 Å². The summed E-state index contributed by atoms with van der Waals surface area (Å²) in [5, 5.41) is 13.6. The van der Waals surface area contributed by atoms with Crippen LogP contribution in [0.3, 0.4) is 0 Å². The van der Waals surface area contributed by atoms with Crippen molar-refractivity contribution in [2.24, 2.45) is 0 Å². The molecule has 0 amide bonds. The summed E-state index contributed by atoms with van der Waals surface area (Å²) in [7, 11) is 1.63. The first-order chi connectivity index (χ1) is 10.2. The number of hydrogen-bond acceptors (Lipinski definition) is 3. The first kappa shape index (κ1) is 15.5. The molecule has 2 atom stereocenters. The molecule has 0 bridgehead atoms. The van der Waals surface area contributed by atoms with Gasteiger partial charge in [0.2, 0.25) is 0 Å². The van der Waals surface area contributed by atoms with Gasteiger partial charge in [-0.05, 0) is 36.6 Å². The minimum Gasteiger partial charge on any atom is -0.497 e. The molecule has 3 heteroatoms. The number of hydrogen-bond donors (Lipinski definition) is 2. The average molecular weight is 285 g/mol. The highest BCUT2D eigenvalue weighted by atomic mass is 16.5. The Morgan fingerprint density at radius 2 is 1.86 bits per heavy atom. The number of methoxy groups -OCH3 is 1. The first-order valence-electron chi connectivity index (χ1n) is 7.28. The van der Waals surface area contributed by atoms with Crippen molar-refractivity contribution in [3.05, 3.63) is 65.7 Å². The topological polar surface area (TPSA) is 41.5 Å². The molecule has 0 saturated carbocycles. The molecule has 2 N–H and O–H groups in total. The molecule has 2 aromatic carbocycles. The van der Waals surface area contributed by atoms with Gasteiger partial charge in [0.25, 0.3) is 0 Å². The minimum absolute atomic E-state index is 0.313. The van der Waals surface area contributed by atoms with Crippen molar-refractivity contribution in [3.63, 3.8) is 0 Å². The third-order valence-corrected chi connectivity index (χ3v) is 3.52. The molecule has 0 heterocycles. The summed E-state index contributed by atoms with van der Waals surface area (Å²) in [5.74, 6) is 0.767. The summed E-state index contributed by atoms with van der Waals surface area (Å²) in [6, 6.07) is 18.2. The summed E-state index contributed by atoms with van der Waals surface area (Å²) in [6.45, 7) is 2.66. The monoisotopic (exact) mass is 285 g/mol. The molecular formula is C18H23NO2. The minimum atomic E-state index is -0.529. The van der Waals surface area contributed by atoms with Crippen LogP contribution in [-0.4, -0.2) is 24.8 Å². The molecule has 0 aliphatic carbocycles. The zero-order valence-corrected chi connectivity index (χ0v) is 12.6. The highest BCUT2D eigenvalue weighted by molar-refractivity contribution is 5.29. The van der Waals surface area contributed by atoms with Gasteiger partial charge in [-0.25, -0.2) is 0 Å². The van der Waals surface area contributed by atoms with Crippen LogP contribution in [0.15, 0.2) is 54.6 Å². The fourth-order valence-electron chi connectivity index (χ4n) is 2.32. The standard InChI is InChI=1S/C18H23NO2/c1-14(11-15-7-4-3-5-8-15)19-13-18(20)16-9-6-10-17(12-16)21-2/h3-10,12,14,18-20H,11,13H2,1-2H3/t14-,18+/m1/s1. The van der Waals surface area contributed by atoms with Gasteiger partial charge in [0.1, 0.15) is 5.75 Å². The number of aliphatic hydroxyl groups is 1. The highest BCUT2D eigenvalue weighted by Crippen LogP contribution is 2.18. The van der Waals surface area contributed by atoms with Crippen molar-refractivity contribution < 1.29 is 9.84 Å². The summed E-state index contributed by atoms with van der Waals surface area (Å²) >= 11 is 0. The number of rotatable bonds is 7. The molecule has 2 aromatic rings. The molecule has 112 valence electrons. The highest BCUT2D eigenvalue weighted by Gasteiger charge is 2.10. The SMILES string of the molecule is COc1cccc([C@@H](O)CN[C@H](C)Cc2ccccc2)c1. The van der Waals surface area contributed by atoms with E-state index in [9.17, 15) is 5.11 Å². The predicted molar refractivity (Wildman–Crippen MR) is 85.6 cm³/mol. The summed E-state index contributed by atoms with van der Waals surface area (Å²) in [6.07, 6.45) is 0.421. The Balaban J connectivity index is 1.84. The van der Waals surface area contributed by atoms with Gasteiger partial charge in [-0.2, -0.15) is 0 Å². The molecule has 0 spiro atoms. The number of nitrogens with one attached hydrogen (secondary N) is 1. The Bertz CT molecular complexity index is 542. The van der Waals surface area contributed by atoms with Crippen LogP contribution in [0.1, 0.15) is 24.2 Å². The van der Waals surface area contributed by atoms with E-state index >= 15 is 0 Å². The van der Waals surface area contributed by atoms with Crippen molar-refractivity contribution >= 4 is 0 Å². The van der Waals surface area contributed by atoms with E-state index in [0.717, 1.165) is 17.7 Å². The maximum absolute atomic E-state index is 10.2. The second-order valence-corrected chi connectivity index (χ2v) is 5.29. The maximum atomic E-state index is 10.2. The first-order valence-corrected chi connectivity index (χ1v) is 7.28. The van der Waals surface area contributed by atoms with Crippen LogP contribution in [0, 0.1) is 0 Å². The molecule has 0 saturated heterocycles. The lowest BCUT2D eigenvalue weighted by molar-refractivity contribution is 0.170. The molecule has 0 aliphatic heterocycles. The van der Waals surface area contributed by atoms with Gasteiger partial charge in [0, 0.05) is 12.6 Å². The fourth-order valence-corrected chi connectivity index (χ4v) is 2.32. The van der Waals surface area contributed by atoms with E-state index in [4.69, 9.17) is 4.74 Å². The zero-order valence-electron chi connectivity index (χ0n) is 12.6. The van der Waals surface area contributed by atoms with Crippen LogP contribution < -0.4 is 10.1 Å². The lowest BCUT2D eigenvalue weighted by Gasteiger charge is -2.18. The lowest BCUT2D eigenvalue weighted by Crippen LogP contribution is -2.32. The van der Waals surface area contributed by atoms with Gasteiger partial charge in [-0.1, -0.05) is 42.5 Å². The normalized spacial score (nSPS) is 13.7. The Labute approximate surface area is 126 Å². The van der Waals surface area contributed by atoms with Crippen molar-refractivity contribution in [2.75, 3.05) is 13.7 Å². The van der Waals surface area contributed by atoms with E-state index < -0.39 is 6.10 Å². The van der Waals surface area contributed by atoms with Crippen LogP contribution in [-0.2, 0) is 6.42 Å². The number of benzene rings is 2. The molecule has 0 aromatic heterocycles. The van der Waals surface area contributed by atoms with Crippen LogP contribution in [0.2, 0.25) is 0 Å². The number of ether oxygens (including phenoxy) is 1. The molecule has 0 unspecified atom stereocenters. The summed E-state index contributed by atoms with van der Waals surface area (Å²) in [5.41, 5.74) is 2.17. The van der Waals surface area contributed by atoms with Crippen LogP contribution in [0.25, 0.3) is 0 Å². The van der Waals surface area contributed by atoms with E-state index in [1.165, 1.54) is 5.56 Å². The maximum Gasteiger partial charge on any atom is 0.119 e. The van der Waals surface area contributed by atoms with Gasteiger partial charge >= 0.3 is 0 Å². The smallest absolute Gasteiger partial charge is 0.119 e. The van der Waals surface area contributed by atoms with E-state index in [-0.39, 0.29) is 0 Å².